The smallest absolute Gasteiger partial charge is 0.146 e. The van der Waals surface area contributed by atoms with E-state index in [9.17, 15) is 4.39 Å². The lowest BCUT2D eigenvalue weighted by Crippen LogP contribution is -2.52. The Kier molecular flexibility index (Phi) is 4.34. The third kappa shape index (κ3) is 3.15. The Hall–Kier alpha value is -1.29. The molecule has 0 unspecified atom stereocenters. The van der Waals surface area contributed by atoms with E-state index in [-0.39, 0.29) is 11.4 Å². The molecule has 1 aliphatic carbocycles. The van der Waals surface area contributed by atoms with Crippen LogP contribution < -0.4 is 15.0 Å². The van der Waals surface area contributed by atoms with Crippen LogP contribution in [0.25, 0.3) is 0 Å². The largest absolute Gasteiger partial charge is 0.497 e. The molecule has 0 atom stereocenters. The Morgan fingerprint density at radius 3 is 2.76 bits per heavy atom. The molecule has 0 aromatic heterocycles. The summed E-state index contributed by atoms with van der Waals surface area (Å²) < 4.78 is 19.5. The standard InChI is InChI=1S/C17H25FN2O/c1-21-14-6-7-15(18)16(12-14)20-11-5-10-19-17(13-20)8-3-2-4-9-17/h6-7,12,19H,2-5,8-11,13H2,1H3. The summed E-state index contributed by atoms with van der Waals surface area (Å²) in [5.74, 6) is 0.574. The van der Waals surface area contributed by atoms with E-state index in [2.05, 4.69) is 10.2 Å². The average molecular weight is 292 g/mol. The highest BCUT2D eigenvalue weighted by atomic mass is 19.1. The Morgan fingerprint density at radius 1 is 1.19 bits per heavy atom. The third-order valence-electron chi connectivity index (χ3n) is 4.90. The number of hydrogen-bond acceptors (Lipinski definition) is 3. The van der Waals surface area contributed by atoms with Crippen molar-refractivity contribution in [1.29, 1.82) is 0 Å². The first-order chi connectivity index (χ1) is 10.2. The molecule has 3 nitrogen and oxygen atoms in total. The molecule has 1 aliphatic heterocycles. The van der Waals surface area contributed by atoms with Crippen molar-refractivity contribution in [1.82, 2.24) is 5.32 Å². The summed E-state index contributed by atoms with van der Waals surface area (Å²) in [5.41, 5.74) is 0.854. The second kappa shape index (κ2) is 6.22. The summed E-state index contributed by atoms with van der Waals surface area (Å²) in [6.07, 6.45) is 7.35. The summed E-state index contributed by atoms with van der Waals surface area (Å²) in [5, 5.41) is 3.75. The van der Waals surface area contributed by atoms with Crippen LogP contribution in [0.3, 0.4) is 0 Å². The van der Waals surface area contributed by atoms with Gasteiger partial charge < -0.3 is 15.0 Å². The van der Waals surface area contributed by atoms with Gasteiger partial charge in [0.1, 0.15) is 11.6 Å². The predicted molar refractivity (Wildman–Crippen MR) is 83.6 cm³/mol. The molecule has 2 fully saturated rings. The van der Waals surface area contributed by atoms with E-state index in [4.69, 9.17) is 4.74 Å². The number of ether oxygens (including phenoxy) is 1. The number of rotatable bonds is 2. The molecule has 0 amide bonds. The molecule has 116 valence electrons. The molecular weight excluding hydrogens is 267 g/mol. The second-order valence-corrected chi connectivity index (χ2v) is 6.36. The van der Waals surface area contributed by atoms with Crippen LogP contribution in [0, 0.1) is 5.82 Å². The van der Waals surface area contributed by atoms with Crippen molar-refractivity contribution >= 4 is 5.69 Å². The minimum atomic E-state index is -0.149. The van der Waals surface area contributed by atoms with Gasteiger partial charge in [-0.25, -0.2) is 4.39 Å². The van der Waals surface area contributed by atoms with E-state index in [1.807, 2.05) is 6.07 Å². The molecule has 0 bridgehead atoms. The fraction of sp³-hybridized carbons (Fsp3) is 0.647. The lowest BCUT2D eigenvalue weighted by atomic mass is 9.81. The average Bonchev–Trinajstić information content (AvgIpc) is 2.71. The van der Waals surface area contributed by atoms with Crippen LogP contribution in [0.15, 0.2) is 18.2 Å². The number of anilines is 1. The molecule has 0 radical (unpaired) electrons. The SMILES string of the molecule is COc1ccc(F)c(N2CCCNC3(CCCCC3)C2)c1. The minimum Gasteiger partial charge on any atom is -0.497 e. The molecule has 1 aromatic carbocycles. The molecule has 1 heterocycles. The van der Waals surface area contributed by atoms with Crippen LogP contribution in [0.4, 0.5) is 10.1 Å². The van der Waals surface area contributed by atoms with Crippen molar-refractivity contribution in [3.63, 3.8) is 0 Å². The van der Waals surface area contributed by atoms with Gasteiger partial charge in [-0.05, 0) is 37.9 Å². The van der Waals surface area contributed by atoms with Crippen molar-refractivity contribution < 1.29 is 9.13 Å². The summed E-state index contributed by atoms with van der Waals surface area (Å²) in [4.78, 5) is 2.21. The molecule has 1 spiro atoms. The van der Waals surface area contributed by atoms with E-state index in [1.54, 1.807) is 13.2 Å². The number of methoxy groups -OCH3 is 1. The highest BCUT2D eigenvalue weighted by Gasteiger charge is 2.35. The normalized spacial score (nSPS) is 22.1. The summed E-state index contributed by atoms with van der Waals surface area (Å²) in [6.45, 7) is 2.83. The van der Waals surface area contributed by atoms with Crippen molar-refractivity contribution in [3.8, 4) is 5.75 Å². The third-order valence-corrected chi connectivity index (χ3v) is 4.90. The zero-order chi connectivity index (χ0) is 14.7. The number of benzene rings is 1. The number of nitrogens with zero attached hydrogens (tertiary/aromatic N) is 1. The van der Waals surface area contributed by atoms with Gasteiger partial charge in [-0.1, -0.05) is 19.3 Å². The molecule has 1 N–H and O–H groups in total. The van der Waals surface area contributed by atoms with Crippen LogP contribution in [-0.2, 0) is 0 Å². The minimum absolute atomic E-state index is 0.149. The van der Waals surface area contributed by atoms with Gasteiger partial charge in [0.25, 0.3) is 0 Å². The van der Waals surface area contributed by atoms with Gasteiger partial charge in [-0.3, -0.25) is 0 Å². The first kappa shape index (κ1) is 14.6. The maximum absolute atomic E-state index is 14.3. The number of hydrogen-bond donors (Lipinski definition) is 1. The predicted octanol–water partition coefficient (Wildman–Crippen LogP) is 3.34. The molecule has 3 rings (SSSR count). The topological polar surface area (TPSA) is 24.5 Å². The Morgan fingerprint density at radius 2 is 2.00 bits per heavy atom. The molecule has 1 saturated heterocycles. The molecular formula is C17H25FN2O. The van der Waals surface area contributed by atoms with Crippen LogP contribution in [0.2, 0.25) is 0 Å². The van der Waals surface area contributed by atoms with Crippen LogP contribution in [-0.4, -0.2) is 32.3 Å². The van der Waals surface area contributed by atoms with Gasteiger partial charge in [0.15, 0.2) is 0 Å². The van der Waals surface area contributed by atoms with Crippen LogP contribution in [0.5, 0.6) is 5.75 Å². The van der Waals surface area contributed by atoms with Crippen LogP contribution >= 0.6 is 0 Å². The van der Waals surface area contributed by atoms with E-state index >= 15 is 0 Å². The first-order valence-corrected chi connectivity index (χ1v) is 8.06. The molecule has 1 aromatic rings. The fourth-order valence-electron chi connectivity index (χ4n) is 3.75. The van der Waals surface area contributed by atoms with Crippen molar-refractivity contribution in [2.24, 2.45) is 0 Å². The van der Waals surface area contributed by atoms with E-state index in [0.29, 0.717) is 5.69 Å². The number of halogens is 1. The lowest BCUT2D eigenvalue weighted by molar-refractivity contribution is 0.246. The monoisotopic (exact) mass is 292 g/mol. The molecule has 4 heteroatoms. The highest BCUT2D eigenvalue weighted by Crippen LogP contribution is 2.33. The van der Waals surface area contributed by atoms with Crippen molar-refractivity contribution in [2.45, 2.75) is 44.1 Å². The highest BCUT2D eigenvalue weighted by molar-refractivity contribution is 5.52. The van der Waals surface area contributed by atoms with Gasteiger partial charge >= 0.3 is 0 Å². The molecule has 2 aliphatic rings. The zero-order valence-corrected chi connectivity index (χ0v) is 12.8. The van der Waals surface area contributed by atoms with Gasteiger partial charge in [0.05, 0.1) is 12.8 Å². The Bertz CT molecular complexity index is 486. The summed E-state index contributed by atoms with van der Waals surface area (Å²) in [7, 11) is 1.63. The lowest BCUT2D eigenvalue weighted by Gasteiger charge is -2.40. The zero-order valence-electron chi connectivity index (χ0n) is 12.8. The maximum Gasteiger partial charge on any atom is 0.146 e. The van der Waals surface area contributed by atoms with Gasteiger partial charge in [0, 0.05) is 24.7 Å². The molecule has 21 heavy (non-hydrogen) atoms. The van der Waals surface area contributed by atoms with E-state index in [0.717, 1.165) is 31.8 Å². The van der Waals surface area contributed by atoms with Gasteiger partial charge in [0.2, 0.25) is 0 Å². The van der Waals surface area contributed by atoms with Crippen molar-refractivity contribution in [3.05, 3.63) is 24.0 Å². The first-order valence-electron chi connectivity index (χ1n) is 8.06. The quantitative estimate of drug-likeness (QED) is 0.905. The fourth-order valence-corrected chi connectivity index (χ4v) is 3.75. The van der Waals surface area contributed by atoms with E-state index < -0.39 is 0 Å². The van der Waals surface area contributed by atoms with Gasteiger partial charge in [-0.15, -0.1) is 0 Å². The van der Waals surface area contributed by atoms with E-state index in [1.165, 1.54) is 38.2 Å². The van der Waals surface area contributed by atoms with Gasteiger partial charge in [-0.2, -0.15) is 0 Å². The summed E-state index contributed by atoms with van der Waals surface area (Å²) >= 11 is 0. The Balaban J connectivity index is 1.86. The Labute approximate surface area is 126 Å². The molecule has 1 saturated carbocycles. The number of nitrogens with one attached hydrogen (secondary N) is 1. The maximum atomic E-state index is 14.3. The van der Waals surface area contributed by atoms with Crippen LogP contribution in [0.1, 0.15) is 38.5 Å². The second-order valence-electron chi connectivity index (χ2n) is 6.36. The summed E-state index contributed by atoms with van der Waals surface area (Å²) in [6, 6.07) is 5.03. The van der Waals surface area contributed by atoms with Crippen molar-refractivity contribution in [2.75, 3.05) is 31.6 Å².